The first-order valence-corrected chi connectivity index (χ1v) is 7.29. The maximum absolute atomic E-state index is 9.60. The molecule has 0 aromatic rings. The monoisotopic (exact) mass is 224 g/mol. The number of hydrogen-bond acceptors (Lipinski definition) is 1. The topological polar surface area (TPSA) is 20.2 Å². The van der Waals surface area contributed by atoms with E-state index in [0.717, 1.165) is 24.7 Å². The first-order valence-electron chi connectivity index (χ1n) is 7.29. The molecule has 0 bridgehead atoms. The molecule has 0 amide bonds. The van der Waals surface area contributed by atoms with Crippen molar-refractivity contribution >= 4 is 0 Å². The summed E-state index contributed by atoms with van der Waals surface area (Å²) in [4.78, 5) is 0. The lowest BCUT2D eigenvalue weighted by atomic mass is 9.61. The smallest absolute Gasteiger partial charge is 0.0540 e. The van der Waals surface area contributed by atoms with Gasteiger partial charge in [0.15, 0.2) is 0 Å². The third-order valence-corrected chi connectivity index (χ3v) is 5.41. The summed E-state index contributed by atoms with van der Waals surface area (Å²) in [5.74, 6) is 1.81. The van der Waals surface area contributed by atoms with Gasteiger partial charge in [-0.1, -0.05) is 33.1 Å². The molecule has 2 rings (SSSR count). The van der Waals surface area contributed by atoms with Crippen molar-refractivity contribution in [2.45, 2.75) is 77.7 Å². The summed E-state index contributed by atoms with van der Waals surface area (Å²) in [6.45, 7) is 4.98. The molecule has 16 heavy (non-hydrogen) atoms. The van der Waals surface area contributed by atoms with Gasteiger partial charge in [0, 0.05) is 0 Å². The van der Waals surface area contributed by atoms with Crippen molar-refractivity contribution in [2.75, 3.05) is 0 Å². The van der Waals surface area contributed by atoms with Crippen LogP contribution in [0.4, 0.5) is 0 Å². The van der Waals surface area contributed by atoms with Gasteiger partial charge in [0.2, 0.25) is 0 Å². The maximum atomic E-state index is 9.60. The van der Waals surface area contributed by atoms with E-state index < -0.39 is 0 Å². The highest BCUT2D eigenvalue weighted by Gasteiger charge is 2.38. The SMILES string of the molecule is CC(C)(C1CCCCC1)[C@H]1CC[C@@H](O)CC1. The van der Waals surface area contributed by atoms with E-state index in [1.54, 1.807) is 0 Å². The molecule has 2 aliphatic carbocycles. The zero-order chi connectivity index (χ0) is 11.6. The van der Waals surface area contributed by atoms with Crippen molar-refractivity contribution in [2.24, 2.45) is 17.3 Å². The number of hydrogen-bond donors (Lipinski definition) is 1. The second-order valence-electron chi connectivity index (χ2n) is 6.66. The van der Waals surface area contributed by atoms with Gasteiger partial charge in [-0.05, 0) is 55.8 Å². The predicted molar refractivity (Wildman–Crippen MR) is 68.3 cm³/mol. The van der Waals surface area contributed by atoms with Crippen molar-refractivity contribution in [3.63, 3.8) is 0 Å². The van der Waals surface area contributed by atoms with Crippen molar-refractivity contribution in [3.8, 4) is 0 Å². The van der Waals surface area contributed by atoms with E-state index in [1.165, 1.54) is 44.9 Å². The summed E-state index contributed by atoms with van der Waals surface area (Å²) in [6, 6.07) is 0. The molecule has 0 unspecified atom stereocenters. The van der Waals surface area contributed by atoms with Crippen LogP contribution in [0.25, 0.3) is 0 Å². The zero-order valence-electron chi connectivity index (χ0n) is 11.0. The summed E-state index contributed by atoms with van der Waals surface area (Å²) >= 11 is 0. The van der Waals surface area contributed by atoms with E-state index in [4.69, 9.17) is 0 Å². The molecule has 0 aromatic carbocycles. The lowest BCUT2D eigenvalue weighted by Crippen LogP contribution is -2.36. The zero-order valence-corrected chi connectivity index (χ0v) is 11.0. The Morgan fingerprint density at radius 1 is 0.750 bits per heavy atom. The lowest BCUT2D eigenvalue weighted by molar-refractivity contribution is 0.0219. The van der Waals surface area contributed by atoms with Crippen molar-refractivity contribution < 1.29 is 5.11 Å². The number of aliphatic hydroxyl groups excluding tert-OH is 1. The van der Waals surface area contributed by atoms with Gasteiger partial charge in [-0.15, -0.1) is 0 Å². The van der Waals surface area contributed by atoms with Crippen LogP contribution in [0.5, 0.6) is 0 Å². The van der Waals surface area contributed by atoms with Crippen LogP contribution in [0.15, 0.2) is 0 Å². The average Bonchev–Trinajstić information content (AvgIpc) is 2.31. The molecule has 0 atom stereocenters. The average molecular weight is 224 g/mol. The molecule has 2 saturated carbocycles. The molecule has 1 heteroatoms. The second-order valence-corrected chi connectivity index (χ2v) is 6.66. The van der Waals surface area contributed by atoms with Crippen molar-refractivity contribution in [1.29, 1.82) is 0 Å². The first kappa shape index (κ1) is 12.4. The fourth-order valence-electron chi connectivity index (χ4n) is 4.00. The van der Waals surface area contributed by atoms with Gasteiger partial charge in [-0.3, -0.25) is 0 Å². The standard InChI is InChI=1S/C15H28O/c1-15(2,12-6-4-3-5-7-12)13-8-10-14(16)11-9-13/h12-14,16H,3-11H2,1-2H3/t13-,14+. The van der Waals surface area contributed by atoms with Crippen molar-refractivity contribution in [3.05, 3.63) is 0 Å². The van der Waals surface area contributed by atoms with Crippen LogP contribution in [0, 0.1) is 17.3 Å². The van der Waals surface area contributed by atoms with Gasteiger partial charge in [0.1, 0.15) is 0 Å². The molecular formula is C15H28O. The highest BCUT2D eigenvalue weighted by molar-refractivity contribution is 4.89. The molecule has 2 aliphatic rings. The van der Waals surface area contributed by atoms with Gasteiger partial charge < -0.3 is 5.11 Å². The number of aliphatic hydroxyl groups is 1. The Morgan fingerprint density at radius 2 is 1.25 bits per heavy atom. The van der Waals surface area contributed by atoms with Gasteiger partial charge in [-0.2, -0.15) is 0 Å². The van der Waals surface area contributed by atoms with Crippen LogP contribution in [0.1, 0.15) is 71.6 Å². The summed E-state index contributed by atoms with van der Waals surface area (Å²) in [7, 11) is 0. The molecule has 1 N–H and O–H groups in total. The fraction of sp³-hybridized carbons (Fsp3) is 1.00. The van der Waals surface area contributed by atoms with Gasteiger partial charge >= 0.3 is 0 Å². The molecule has 0 aromatic heterocycles. The molecular weight excluding hydrogens is 196 g/mol. The predicted octanol–water partition coefficient (Wildman–Crippen LogP) is 4.14. The van der Waals surface area contributed by atoms with Gasteiger partial charge in [0.05, 0.1) is 6.10 Å². The molecule has 0 radical (unpaired) electrons. The summed E-state index contributed by atoms with van der Waals surface area (Å²) in [5, 5.41) is 9.60. The first-order chi connectivity index (χ1) is 7.60. The van der Waals surface area contributed by atoms with E-state index in [2.05, 4.69) is 13.8 Å². The highest BCUT2D eigenvalue weighted by Crippen LogP contribution is 2.48. The Balaban J connectivity index is 1.94. The molecule has 94 valence electrons. The van der Waals surface area contributed by atoms with Crippen molar-refractivity contribution in [1.82, 2.24) is 0 Å². The number of rotatable bonds is 2. The summed E-state index contributed by atoms with van der Waals surface area (Å²) < 4.78 is 0. The van der Waals surface area contributed by atoms with Crippen LogP contribution in [-0.4, -0.2) is 11.2 Å². The molecule has 1 nitrogen and oxygen atoms in total. The quantitative estimate of drug-likeness (QED) is 0.747. The van der Waals surface area contributed by atoms with E-state index in [0.29, 0.717) is 5.41 Å². The van der Waals surface area contributed by atoms with Gasteiger partial charge in [0.25, 0.3) is 0 Å². The van der Waals surface area contributed by atoms with Crippen LogP contribution >= 0.6 is 0 Å². The van der Waals surface area contributed by atoms with Crippen LogP contribution in [0.2, 0.25) is 0 Å². The molecule has 0 saturated heterocycles. The van der Waals surface area contributed by atoms with E-state index >= 15 is 0 Å². The normalized spacial score (nSPS) is 33.9. The Labute approximate surface area is 101 Å². The Morgan fingerprint density at radius 3 is 1.81 bits per heavy atom. The highest BCUT2D eigenvalue weighted by atomic mass is 16.3. The third-order valence-electron chi connectivity index (χ3n) is 5.41. The summed E-state index contributed by atoms with van der Waals surface area (Å²) in [5.41, 5.74) is 0.514. The maximum Gasteiger partial charge on any atom is 0.0540 e. The molecule has 0 aliphatic heterocycles. The largest absolute Gasteiger partial charge is 0.393 e. The third kappa shape index (κ3) is 2.61. The minimum atomic E-state index is -0.00148. The lowest BCUT2D eigenvalue weighted by Gasteiger charge is -2.45. The Kier molecular flexibility index (Phi) is 3.94. The fourth-order valence-corrected chi connectivity index (χ4v) is 4.00. The van der Waals surface area contributed by atoms with Crippen LogP contribution < -0.4 is 0 Å². The minimum absolute atomic E-state index is 0.00148. The Bertz CT molecular complexity index is 207. The second kappa shape index (κ2) is 5.08. The van der Waals surface area contributed by atoms with E-state index in [9.17, 15) is 5.11 Å². The van der Waals surface area contributed by atoms with Crippen LogP contribution in [0.3, 0.4) is 0 Å². The molecule has 0 heterocycles. The molecule has 2 fully saturated rings. The minimum Gasteiger partial charge on any atom is -0.393 e. The Hall–Kier alpha value is -0.0400. The molecule has 0 spiro atoms. The van der Waals surface area contributed by atoms with E-state index in [1.807, 2.05) is 0 Å². The van der Waals surface area contributed by atoms with E-state index in [-0.39, 0.29) is 6.10 Å². The van der Waals surface area contributed by atoms with Crippen LogP contribution in [-0.2, 0) is 0 Å². The van der Waals surface area contributed by atoms with Gasteiger partial charge in [-0.25, -0.2) is 0 Å². The summed E-state index contributed by atoms with van der Waals surface area (Å²) in [6.07, 6.45) is 11.8.